The van der Waals surface area contributed by atoms with Crippen LogP contribution < -0.4 is 5.32 Å². The highest BCUT2D eigenvalue weighted by atomic mass is 16.5. The van der Waals surface area contributed by atoms with Gasteiger partial charge in [-0.2, -0.15) is 0 Å². The van der Waals surface area contributed by atoms with Gasteiger partial charge in [-0.15, -0.1) is 0 Å². The number of hydrogen-bond donors (Lipinski definition) is 1. The zero-order valence-electron chi connectivity index (χ0n) is 17.6. The van der Waals surface area contributed by atoms with Gasteiger partial charge in [0.05, 0.1) is 6.10 Å². The minimum absolute atomic E-state index is 0.0394. The Hall–Kier alpha value is -2.41. The summed E-state index contributed by atoms with van der Waals surface area (Å²) >= 11 is 0. The van der Waals surface area contributed by atoms with E-state index in [0.29, 0.717) is 26.1 Å². The van der Waals surface area contributed by atoms with Crippen molar-refractivity contribution in [3.63, 3.8) is 0 Å². The van der Waals surface area contributed by atoms with Crippen LogP contribution in [-0.2, 0) is 20.7 Å². The summed E-state index contributed by atoms with van der Waals surface area (Å²) in [6.45, 7) is 3.54. The van der Waals surface area contributed by atoms with E-state index in [4.69, 9.17) is 4.74 Å². The Morgan fingerprint density at radius 1 is 1.20 bits per heavy atom. The Morgan fingerprint density at radius 3 is 2.70 bits per heavy atom. The highest BCUT2D eigenvalue weighted by Gasteiger charge is 2.55. The average Bonchev–Trinajstić information content (AvgIpc) is 2.94. The van der Waals surface area contributed by atoms with E-state index in [2.05, 4.69) is 17.4 Å². The number of carbonyl (C=O) groups is 3. The molecule has 1 aromatic carbocycles. The minimum Gasteiger partial charge on any atom is -0.375 e. The van der Waals surface area contributed by atoms with E-state index < -0.39 is 11.6 Å². The molecule has 1 N–H and O–H groups in total. The summed E-state index contributed by atoms with van der Waals surface area (Å²) in [6, 6.07) is 9.86. The lowest BCUT2D eigenvalue weighted by molar-refractivity contribution is -0.149. The summed E-state index contributed by atoms with van der Waals surface area (Å²) in [4.78, 5) is 40.7. The van der Waals surface area contributed by atoms with Crippen molar-refractivity contribution in [3.05, 3.63) is 35.9 Å². The van der Waals surface area contributed by atoms with Crippen LogP contribution in [0.2, 0.25) is 0 Å². The summed E-state index contributed by atoms with van der Waals surface area (Å²) < 4.78 is 5.84. The van der Waals surface area contributed by atoms with E-state index in [1.807, 2.05) is 25.1 Å². The van der Waals surface area contributed by atoms with E-state index in [-0.39, 0.29) is 30.4 Å². The van der Waals surface area contributed by atoms with Crippen LogP contribution in [0.3, 0.4) is 0 Å². The Morgan fingerprint density at radius 2 is 1.97 bits per heavy atom. The Labute approximate surface area is 177 Å². The third-order valence-corrected chi connectivity index (χ3v) is 6.80. The molecule has 1 aliphatic carbocycles. The molecule has 1 aromatic rings. The van der Waals surface area contributed by atoms with Crippen LogP contribution in [0.15, 0.2) is 30.3 Å². The van der Waals surface area contributed by atoms with E-state index in [9.17, 15) is 14.4 Å². The Bertz CT molecular complexity index is 793. The van der Waals surface area contributed by atoms with Crippen molar-refractivity contribution in [3.8, 4) is 0 Å². The van der Waals surface area contributed by atoms with Gasteiger partial charge in [0.25, 0.3) is 5.91 Å². The molecule has 1 saturated carbocycles. The maximum Gasteiger partial charge on any atom is 0.325 e. The monoisotopic (exact) mass is 413 g/mol. The first-order valence-corrected chi connectivity index (χ1v) is 11.1. The molecule has 0 radical (unpaired) electrons. The van der Waals surface area contributed by atoms with Gasteiger partial charge in [0.2, 0.25) is 5.91 Å². The largest absolute Gasteiger partial charge is 0.375 e. The Kier molecular flexibility index (Phi) is 6.09. The molecular weight excluding hydrogens is 382 g/mol. The second-order valence-electron chi connectivity index (χ2n) is 8.82. The average molecular weight is 414 g/mol. The smallest absolute Gasteiger partial charge is 0.325 e. The maximum atomic E-state index is 13.0. The number of imide groups is 1. The quantitative estimate of drug-likeness (QED) is 0.550. The van der Waals surface area contributed by atoms with Gasteiger partial charge in [-0.05, 0) is 37.2 Å². The van der Waals surface area contributed by atoms with E-state index in [1.54, 1.807) is 4.90 Å². The fourth-order valence-electron chi connectivity index (χ4n) is 4.79. The number of benzene rings is 1. The lowest BCUT2D eigenvalue weighted by Crippen LogP contribution is -2.58. The SMILES string of the molecule is C[C@@H]1CCCC[C@@]12NC(=O)N(CC(=O)N1CC(OCCCc3ccccc3)C1)C2=O. The molecule has 0 aromatic heterocycles. The highest BCUT2D eigenvalue weighted by Crippen LogP contribution is 2.38. The molecule has 2 saturated heterocycles. The number of rotatable bonds is 7. The maximum absolute atomic E-state index is 13.0. The van der Waals surface area contributed by atoms with Crippen molar-refractivity contribution in [1.29, 1.82) is 0 Å². The van der Waals surface area contributed by atoms with Crippen molar-refractivity contribution in [1.82, 2.24) is 15.1 Å². The molecule has 30 heavy (non-hydrogen) atoms. The highest BCUT2D eigenvalue weighted by molar-refractivity contribution is 6.09. The lowest BCUT2D eigenvalue weighted by atomic mass is 9.73. The van der Waals surface area contributed by atoms with Gasteiger partial charge >= 0.3 is 6.03 Å². The second kappa shape index (κ2) is 8.76. The molecule has 0 bridgehead atoms. The van der Waals surface area contributed by atoms with Crippen molar-refractivity contribution >= 4 is 17.8 Å². The predicted molar refractivity (Wildman–Crippen MR) is 112 cm³/mol. The van der Waals surface area contributed by atoms with Crippen LogP contribution in [0.4, 0.5) is 4.79 Å². The van der Waals surface area contributed by atoms with Crippen LogP contribution in [0.5, 0.6) is 0 Å². The molecule has 4 amide bonds. The number of nitrogens with one attached hydrogen (secondary N) is 1. The van der Waals surface area contributed by atoms with Crippen LogP contribution in [0, 0.1) is 5.92 Å². The number of hydrogen-bond acceptors (Lipinski definition) is 4. The number of ether oxygens (including phenoxy) is 1. The van der Waals surface area contributed by atoms with Gasteiger partial charge in [0.1, 0.15) is 12.1 Å². The number of amides is 4. The van der Waals surface area contributed by atoms with Crippen molar-refractivity contribution in [2.75, 3.05) is 26.2 Å². The van der Waals surface area contributed by atoms with Gasteiger partial charge < -0.3 is 15.0 Å². The molecular formula is C23H31N3O4. The molecule has 2 aliphatic heterocycles. The first kappa shape index (κ1) is 20.8. The first-order chi connectivity index (χ1) is 14.5. The summed E-state index contributed by atoms with van der Waals surface area (Å²) in [5, 5.41) is 2.90. The molecule has 3 fully saturated rings. The molecule has 7 nitrogen and oxygen atoms in total. The van der Waals surface area contributed by atoms with Gasteiger partial charge in [0.15, 0.2) is 0 Å². The fraction of sp³-hybridized carbons (Fsp3) is 0.609. The summed E-state index contributed by atoms with van der Waals surface area (Å²) in [6.07, 6.45) is 5.53. The minimum atomic E-state index is -0.811. The molecule has 2 heterocycles. The number of urea groups is 1. The van der Waals surface area contributed by atoms with Crippen LogP contribution in [0.25, 0.3) is 0 Å². The number of nitrogens with zero attached hydrogens (tertiary/aromatic N) is 2. The van der Waals surface area contributed by atoms with Crippen LogP contribution in [-0.4, -0.2) is 65.5 Å². The van der Waals surface area contributed by atoms with Crippen LogP contribution in [0.1, 0.15) is 44.6 Å². The third kappa shape index (κ3) is 4.08. The molecule has 3 aliphatic rings. The van der Waals surface area contributed by atoms with Gasteiger partial charge in [-0.3, -0.25) is 14.5 Å². The molecule has 0 unspecified atom stereocenters. The second-order valence-corrected chi connectivity index (χ2v) is 8.82. The molecule has 162 valence electrons. The summed E-state index contributed by atoms with van der Waals surface area (Å²) in [5.41, 5.74) is 0.486. The Balaban J connectivity index is 1.19. The molecule has 1 spiro atoms. The number of likely N-dealkylation sites (tertiary alicyclic amines) is 1. The first-order valence-electron chi connectivity index (χ1n) is 11.1. The lowest BCUT2D eigenvalue weighted by Gasteiger charge is -2.39. The van der Waals surface area contributed by atoms with Crippen LogP contribution >= 0.6 is 0 Å². The van der Waals surface area contributed by atoms with E-state index in [1.165, 1.54) is 5.56 Å². The van der Waals surface area contributed by atoms with Crippen molar-refractivity contribution in [2.24, 2.45) is 5.92 Å². The number of aryl methyl sites for hydroxylation is 1. The fourth-order valence-corrected chi connectivity index (χ4v) is 4.79. The molecule has 7 heteroatoms. The zero-order chi connectivity index (χ0) is 21.1. The summed E-state index contributed by atoms with van der Waals surface area (Å²) in [7, 11) is 0. The standard InChI is InChI=1S/C23H31N3O4/c1-17-8-5-6-12-23(17)21(28)26(22(29)24-23)16-20(27)25-14-19(15-25)30-13-7-11-18-9-3-2-4-10-18/h2-4,9-10,17,19H,5-8,11-16H2,1H3,(H,24,29)/t17-,23-/m1/s1. The van der Waals surface area contributed by atoms with Gasteiger partial charge in [0, 0.05) is 19.7 Å². The predicted octanol–water partition coefficient (Wildman–Crippen LogP) is 2.35. The third-order valence-electron chi connectivity index (χ3n) is 6.80. The number of carbonyl (C=O) groups excluding carboxylic acids is 3. The molecule has 4 rings (SSSR count). The van der Waals surface area contributed by atoms with E-state index in [0.717, 1.165) is 37.0 Å². The van der Waals surface area contributed by atoms with Gasteiger partial charge in [-0.25, -0.2) is 4.79 Å². The zero-order valence-corrected chi connectivity index (χ0v) is 17.6. The van der Waals surface area contributed by atoms with Crippen molar-refractivity contribution < 1.29 is 19.1 Å². The van der Waals surface area contributed by atoms with Crippen molar-refractivity contribution in [2.45, 2.75) is 57.1 Å². The summed E-state index contributed by atoms with van der Waals surface area (Å²) in [5.74, 6) is -0.328. The molecule has 2 atom stereocenters. The normalized spacial score (nSPS) is 26.8. The van der Waals surface area contributed by atoms with E-state index >= 15 is 0 Å². The topological polar surface area (TPSA) is 79.0 Å². The van der Waals surface area contributed by atoms with Gasteiger partial charge in [-0.1, -0.05) is 50.1 Å².